The highest BCUT2D eigenvalue weighted by atomic mass is 32.2. The van der Waals surface area contributed by atoms with Gasteiger partial charge in [0.05, 0.1) is 65.6 Å². The molecule has 0 unspecified atom stereocenters. The minimum Gasteiger partial charge on any atom is -0.489 e. The van der Waals surface area contributed by atoms with E-state index in [9.17, 15) is 23.3 Å². The summed E-state index contributed by atoms with van der Waals surface area (Å²) < 4.78 is 54.8. The fourth-order valence-corrected chi connectivity index (χ4v) is 13.5. The number of pyridine rings is 1. The van der Waals surface area contributed by atoms with Gasteiger partial charge in [0, 0.05) is 67.2 Å². The van der Waals surface area contributed by atoms with Crippen molar-refractivity contribution in [2.24, 2.45) is 5.41 Å². The number of anilines is 4. The Bertz CT molecular complexity index is 3000. The van der Waals surface area contributed by atoms with Gasteiger partial charge in [0.2, 0.25) is 5.88 Å². The molecule has 1 saturated carbocycles. The molecule has 1 aliphatic carbocycles. The molecule has 19 heteroatoms. The number of rotatable bonds is 10. The van der Waals surface area contributed by atoms with Gasteiger partial charge in [0.25, 0.3) is 21.6 Å². The van der Waals surface area contributed by atoms with Gasteiger partial charge in [-0.15, -0.1) is 0 Å². The van der Waals surface area contributed by atoms with Gasteiger partial charge in [-0.1, -0.05) is 24.3 Å². The fraction of sp³-hybridized carbons (Fsp3) is 0.500. The first kappa shape index (κ1) is 46.1. The van der Waals surface area contributed by atoms with Crippen molar-refractivity contribution >= 4 is 55.4 Å². The summed E-state index contributed by atoms with van der Waals surface area (Å²) in [7, 11) is -4.69. The van der Waals surface area contributed by atoms with Crippen molar-refractivity contribution in [2.45, 2.75) is 107 Å². The molecule has 0 bridgehead atoms. The zero-order valence-electron chi connectivity index (χ0n) is 40.3. The van der Waals surface area contributed by atoms with Crippen molar-refractivity contribution in [3.05, 3.63) is 99.7 Å². The standard InChI is InChI=1S/C52H61N9O9S/c1-31-7-4-5-8-39(31)42-9-6-16-58(42)36-23-52(24-36)13-17-57(18-14-52)35-10-11-40(43(20-35)60-25-33(3)70-51-45(60)19-34-12-15-53-49(34)55-51)50(62)56-71(65,66)38-21-44(61(63)64)48-46(22-38)69-30-41(54-48)47-26-59(32(2)27-68-47)37-28-67-29-37/h4-5,7-8,10-12,15,19-22,32-33,36-37,41-42,47,54H,6,9,13-14,16-18,23-30H2,1-3H3,(H,53,55)(H,56,62)/t32-,33-,41-,42+,47-/m1/s1. The number of benzene rings is 3. The number of aromatic nitrogens is 2. The second kappa shape index (κ2) is 17.9. The maximum atomic E-state index is 14.6. The Kier molecular flexibility index (Phi) is 11.7. The Hall–Kier alpha value is -5.99. The van der Waals surface area contributed by atoms with Crippen LogP contribution in [-0.2, 0) is 19.5 Å². The molecule has 12 rings (SSSR count). The molecule has 374 valence electrons. The predicted molar refractivity (Wildman–Crippen MR) is 268 cm³/mol. The van der Waals surface area contributed by atoms with Gasteiger partial charge in [0.15, 0.2) is 11.4 Å². The Labute approximate surface area is 413 Å². The maximum absolute atomic E-state index is 14.6. The highest BCUT2D eigenvalue weighted by molar-refractivity contribution is 7.90. The summed E-state index contributed by atoms with van der Waals surface area (Å²) in [6, 6.07) is 21.5. The number of aryl methyl sites for hydroxylation is 1. The number of ether oxygens (including phenoxy) is 4. The van der Waals surface area contributed by atoms with Crippen LogP contribution in [0.15, 0.2) is 77.8 Å². The van der Waals surface area contributed by atoms with E-state index in [-0.39, 0.29) is 47.9 Å². The lowest BCUT2D eigenvalue weighted by Crippen LogP contribution is -2.62. The number of aromatic amines is 1. The van der Waals surface area contributed by atoms with E-state index in [4.69, 9.17) is 23.9 Å². The van der Waals surface area contributed by atoms with Crippen LogP contribution in [0.4, 0.5) is 28.4 Å². The highest BCUT2D eigenvalue weighted by Crippen LogP contribution is 2.54. The normalized spacial score (nSPS) is 25.9. The van der Waals surface area contributed by atoms with E-state index in [2.05, 4.69) is 67.8 Å². The molecule has 6 aliphatic heterocycles. The van der Waals surface area contributed by atoms with Crippen molar-refractivity contribution < 1.29 is 37.1 Å². The number of fused-ring (bicyclic) bond motifs is 3. The van der Waals surface area contributed by atoms with Crippen molar-refractivity contribution in [3.63, 3.8) is 0 Å². The van der Waals surface area contributed by atoms with Crippen LogP contribution in [-0.4, -0.2) is 135 Å². The number of nitro groups is 1. The number of morpholine rings is 1. The summed E-state index contributed by atoms with van der Waals surface area (Å²) in [6.45, 7) is 11.9. The number of hydrogen-bond donors (Lipinski definition) is 3. The number of likely N-dealkylation sites (tertiary alicyclic amines) is 1. The van der Waals surface area contributed by atoms with E-state index in [1.807, 2.05) is 36.1 Å². The first-order valence-electron chi connectivity index (χ1n) is 25.2. The molecule has 2 aromatic heterocycles. The number of nitrogens with zero attached hydrogens (tertiary/aromatic N) is 6. The van der Waals surface area contributed by atoms with E-state index in [0.717, 1.165) is 49.6 Å². The number of piperidine rings is 1. The second-order valence-electron chi connectivity index (χ2n) is 20.9. The summed E-state index contributed by atoms with van der Waals surface area (Å²) in [5, 5.41) is 16.7. The van der Waals surface area contributed by atoms with Crippen LogP contribution in [0, 0.1) is 22.5 Å². The van der Waals surface area contributed by atoms with Gasteiger partial charge in [-0.2, -0.15) is 4.98 Å². The smallest absolute Gasteiger partial charge is 0.297 e. The SMILES string of the molecule is Cc1ccccc1[C@@H]1CCCN1C1CC2(CCN(c3ccc(C(=O)NS(=O)(=O)c4cc5c(c([N+](=O)[O-])c4)N[C@@H]([C@H]4CN(C6COC6)[C@H](C)CO4)CO5)c(N4C[C@@H](C)Oc5nc6[nH]ccc6cc54)c3)CC2)C1. The molecule has 4 saturated heterocycles. The lowest BCUT2D eigenvalue weighted by molar-refractivity contribution is -0.384. The average molecular weight is 988 g/mol. The number of carbonyl (C=O) groups excluding carboxylic acids is 1. The molecule has 71 heavy (non-hydrogen) atoms. The highest BCUT2D eigenvalue weighted by Gasteiger charge is 2.50. The average Bonchev–Trinajstić information content (AvgIpc) is 4.01. The van der Waals surface area contributed by atoms with Crippen molar-refractivity contribution in [2.75, 3.05) is 74.3 Å². The molecule has 5 aromatic rings. The minimum absolute atomic E-state index is 0.00698. The van der Waals surface area contributed by atoms with E-state index in [1.165, 1.54) is 42.9 Å². The Balaban J connectivity index is 0.800. The first-order chi connectivity index (χ1) is 34.3. The van der Waals surface area contributed by atoms with E-state index >= 15 is 0 Å². The van der Waals surface area contributed by atoms with Gasteiger partial charge in [-0.3, -0.25) is 24.7 Å². The third-order valence-electron chi connectivity index (χ3n) is 16.5. The number of hydrogen-bond acceptors (Lipinski definition) is 15. The molecule has 18 nitrogen and oxygen atoms in total. The molecule has 1 amide bonds. The molecule has 5 atom stereocenters. The van der Waals surface area contributed by atoms with Crippen LogP contribution in [0.25, 0.3) is 11.0 Å². The fourth-order valence-electron chi connectivity index (χ4n) is 12.5. The topological polar surface area (TPSA) is 197 Å². The lowest BCUT2D eigenvalue weighted by atomic mass is 9.59. The van der Waals surface area contributed by atoms with Crippen LogP contribution in [0.3, 0.4) is 0 Å². The Morgan fingerprint density at radius 1 is 0.930 bits per heavy atom. The minimum atomic E-state index is -4.69. The third-order valence-corrected chi connectivity index (χ3v) is 17.8. The Morgan fingerprint density at radius 2 is 1.75 bits per heavy atom. The quantitative estimate of drug-likeness (QED) is 0.0949. The number of amides is 1. The molecule has 7 aliphatic rings. The van der Waals surface area contributed by atoms with Crippen LogP contribution in [0.1, 0.15) is 79.9 Å². The number of sulfonamides is 1. The van der Waals surface area contributed by atoms with Crippen molar-refractivity contribution in [3.8, 4) is 11.6 Å². The molecule has 8 heterocycles. The summed E-state index contributed by atoms with van der Waals surface area (Å²) >= 11 is 0. The van der Waals surface area contributed by atoms with E-state index in [1.54, 1.807) is 12.3 Å². The van der Waals surface area contributed by atoms with Crippen LogP contribution in [0.5, 0.6) is 11.6 Å². The maximum Gasteiger partial charge on any atom is 0.297 e. The van der Waals surface area contributed by atoms with Gasteiger partial charge in [0.1, 0.15) is 24.0 Å². The lowest BCUT2D eigenvalue weighted by Gasteiger charge is -2.56. The Morgan fingerprint density at radius 3 is 2.52 bits per heavy atom. The zero-order valence-corrected chi connectivity index (χ0v) is 41.2. The van der Waals surface area contributed by atoms with Crippen LogP contribution >= 0.6 is 0 Å². The summed E-state index contributed by atoms with van der Waals surface area (Å²) in [5.41, 5.74) is 5.50. The van der Waals surface area contributed by atoms with E-state index in [0.29, 0.717) is 73.3 Å². The number of H-pyrrole nitrogens is 1. The van der Waals surface area contributed by atoms with E-state index < -0.39 is 37.5 Å². The molecular weight excluding hydrogens is 927 g/mol. The molecular formula is C52H61N9O9S. The zero-order chi connectivity index (χ0) is 48.8. The van der Waals surface area contributed by atoms with Gasteiger partial charge in [-0.05, 0) is 113 Å². The number of nitrogens with one attached hydrogen (secondary N) is 3. The monoisotopic (exact) mass is 987 g/mol. The molecule has 1 spiro atoms. The first-order valence-corrected chi connectivity index (χ1v) is 26.6. The number of carbonyl (C=O) groups is 1. The third kappa shape index (κ3) is 8.42. The molecule has 0 radical (unpaired) electrons. The van der Waals surface area contributed by atoms with Gasteiger partial charge >= 0.3 is 0 Å². The predicted octanol–water partition coefficient (Wildman–Crippen LogP) is 7.06. The number of nitro benzene ring substituents is 1. The van der Waals surface area contributed by atoms with Crippen LogP contribution in [0.2, 0.25) is 0 Å². The summed E-state index contributed by atoms with van der Waals surface area (Å²) in [5.74, 6) is -0.513. The van der Waals surface area contributed by atoms with Gasteiger partial charge < -0.3 is 39.0 Å². The van der Waals surface area contributed by atoms with Crippen molar-refractivity contribution in [1.29, 1.82) is 0 Å². The molecule has 5 fully saturated rings. The molecule has 3 aromatic carbocycles. The molecule has 3 N–H and O–H groups in total. The van der Waals surface area contributed by atoms with Crippen molar-refractivity contribution in [1.82, 2.24) is 24.5 Å². The van der Waals surface area contributed by atoms with Crippen LogP contribution < -0.4 is 29.3 Å². The summed E-state index contributed by atoms with van der Waals surface area (Å²) in [4.78, 5) is 43.5. The summed E-state index contributed by atoms with van der Waals surface area (Å²) in [6.07, 6.45) is 8.09. The largest absolute Gasteiger partial charge is 0.489 e. The van der Waals surface area contributed by atoms with Gasteiger partial charge in [-0.25, -0.2) is 13.1 Å². The second-order valence-corrected chi connectivity index (χ2v) is 22.6.